The lowest BCUT2D eigenvalue weighted by molar-refractivity contribution is -0.137. The van der Waals surface area contributed by atoms with Crippen LogP contribution in [-0.2, 0) is 4.79 Å². The molecule has 2 aliphatic rings. The third kappa shape index (κ3) is 1.18. The van der Waals surface area contributed by atoms with Gasteiger partial charge in [-0.05, 0) is 5.75 Å². The fourth-order valence-electron chi connectivity index (χ4n) is 1.15. The molecule has 0 radical (unpaired) electrons. The van der Waals surface area contributed by atoms with Crippen LogP contribution in [0.25, 0.3) is 0 Å². The Labute approximate surface area is 74.4 Å². The van der Waals surface area contributed by atoms with E-state index in [0.717, 1.165) is 12.2 Å². The smallest absolute Gasteiger partial charge is 0.230 e. The first kappa shape index (κ1) is 7.55. The zero-order chi connectivity index (χ0) is 7.84. The van der Waals surface area contributed by atoms with Crippen molar-refractivity contribution in [3.63, 3.8) is 0 Å². The summed E-state index contributed by atoms with van der Waals surface area (Å²) in [6.07, 6.45) is 2.71. The number of carbonyl (C=O) groups excluding carboxylic acids is 1. The summed E-state index contributed by atoms with van der Waals surface area (Å²) < 4.78 is 1.29. The molecule has 0 bridgehead atoms. The largest absolute Gasteiger partial charge is 0.304 e. The number of hydrogen-bond acceptors (Lipinski definition) is 3. The summed E-state index contributed by atoms with van der Waals surface area (Å²) >= 11 is 3.64. The first-order chi connectivity index (χ1) is 5.31. The maximum Gasteiger partial charge on any atom is 0.230 e. The van der Waals surface area contributed by atoms with Crippen LogP contribution in [0.4, 0.5) is 0 Å². The highest BCUT2D eigenvalue weighted by molar-refractivity contribution is 8.22. The molecule has 0 spiro atoms. The summed E-state index contributed by atoms with van der Waals surface area (Å²) in [7, 11) is 0. The highest BCUT2D eigenvalue weighted by atomic mass is 32.2. The fraction of sp³-hybridized carbons (Fsp3) is 0.571. The Hall–Kier alpha value is -0.0900. The van der Waals surface area contributed by atoms with Gasteiger partial charge in [-0.25, -0.2) is 0 Å². The third-order valence-electron chi connectivity index (χ3n) is 1.73. The monoisotopic (exact) mass is 187 g/mol. The molecule has 2 heterocycles. The summed E-state index contributed by atoms with van der Waals surface area (Å²) in [5.74, 6) is 1.36. The van der Waals surface area contributed by atoms with Crippen LogP contribution in [0.15, 0.2) is 10.4 Å². The average Bonchev–Trinajstić information content (AvgIpc) is 2.29. The van der Waals surface area contributed by atoms with E-state index in [1.54, 1.807) is 0 Å². The topological polar surface area (TPSA) is 20.3 Å². The molecule has 0 unspecified atom stereocenters. The van der Waals surface area contributed by atoms with Crippen molar-refractivity contribution in [2.45, 2.75) is 18.7 Å². The van der Waals surface area contributed by atoms with Gasteiger partial charge in [0.15, 0.2) is 0 Å². The Balaban J connectivity index is 2.00. The molecule has 0 aromatic carbocycles. The molecular weight excluding hydrogens is 178 g/mol. The Morgan fingerprint density at radius 3 is 3.27 bits per heavy atom. The molecule has 1 atom stereocenters. The van der Waals surface area contributed by atoms with Crippen molar-refractivity contribution in [3.8, 4) is 0 Å². The maximum absolute atomic E-state index is 10.9. The number of fused-ring (bicyclic) bond motifs is 1. The lowest BCUT2D eigenvalue weighted by Gasteiger charge is -2.31. The number of amides is 1. The van der Waals surface area contributed by atoms with E-state index in [2.05, 4.69) is 6.92 Å². The van der Waals surface area contributed by atoms with E-state index in [4.69, 9.17) is 0 Å². The first-order valence-corrected chi connectivity index (χ1v) is 5.50. The molecule has 2 nitrogen and oxygen atoms in total. The van der Waals surface area contributed by atoms with Crippen LogP contribution in [0.3, 0.4) is 0 Å². The van der Waals surface area contributed by atoms with Gasteiger partial charge in [-0.1, -0.05) is 18.7 Å². The van der Waals surface area contributed by atoms with Crippen LogP contribution in [0.1, 0.15) is 13.3 Å². The summed E-state index contributed by atoms with van der Waals surface area (Å²) in [6.45, 7) is 2.13. The number of β-lactam (4-membered cyclic amide) rings is 1. The second-order valence-corrected chi connectivity index (χ2v) is 5.24. The van der Waals surface area contributed by atoms with Gasteiger partial charge in [0.05, 0.1) is 16.0 Å². The third-order valence-corrected chi connectivity index (χ3v) is 4.06. The number of carbonyl (C=O) groups is 1. The Morgan fingerprint density at radius 1 is 1.91 bits per heavy atom. The van der Waals surface area contributed by atoms with Crippen molar-refractivity contribution in [3.05, 3.63) is 10.4 Å². The normalized spacial score (nSPS) is 28.1. The summed E-state index contributed by atoms with van der Waals surface area (Å²) in [6, 6.07) is 0. The number of thioether (sulfide) groups is 2. The standard InChI is InChI=1S/C7H9NOS2/c1-2-10-7-4-8-5(9)3-6(8)11-7/h4,6H,2-3H2,1H3/t6-/m1/s1. The molecule has 11 heavy (non-hydrogen) atoms. The summed E-state index contributed by atoms with van der Waals surface area (Å²) in [4.78, 5) is 12.8. The minimum absolute atomic E-state index is 0.272. The molecular formula is C7H9NOS2. The number of rotatable bonds is 2. The summed E-state index contributed by atoms with van der Waals surface area (Å²) in [5, 5.41) is 0.441. The lowest BCUT2D eigenvalue weighted by atomic mass is 10.2. The van der Waals surface area contributed by atoms with Gasteiger partial charge >= 0.3 is 0 Å². The van der Waals surface area contributed by atoms with E-state index in [1.165, 1.54) is 4.24 Å². The van der Waals surface area contributed by atoms with Crippen molar-refractivity contribution in [1.82, 2.24) is 4.90 Å². The molecule has 1 fully saturated rings. The molecule has 60 valence electrons. The second kappa shape index (κ2) is 2.75. The van der Waals surface area contributed by atoms with Crippen molar-refractivity contribution >= 4 is 29.4 Å². The highest BCUT2D eigenvalue weighted by Gasteiger charge is 2.40. The molecule has 0 saturated carbocycles. The summed E-state index contributed by atoms with van der Waals surface area (Å²) in [5.41, 5.74) is 0. The van der Waals surface area contributed by atoms with Gasteiger partial charge < -0.3 is 4.90 Å². The van der Waals surface area contributed by atoms with Crippen molar-refractivity contribution in [2.75, 3.05) is 5.75 Å². The second-order valence-electron chi connectivity index (χ2n) is 2.46. The van der Waals surface area contributed by atoms with E-state index in [9.17, 15) is 4.79 Å². The van der Waals surface area contributed by atoms with Crippen molar-refractivity contribution < 1.29 is 4.79 Å². The average molecular weight is 187 g/mol. The highest BCUT2D eigenvalue weighted by Crippen LogP contribution is 2.45. The van der Waals surface area contributed by atoms with Gasteiger partial charge in [-0.2, -0.15) is 0 Å². The van der Waals surface area contributed by atoms with Gasteiger partial charge in [0.2, 0.25) is 5.91 Å². The van der Waals surface area contributed by atoms with Crippen LogP contribution in [-0.4, -0.2) is 21.9 Å². The van der Waals surface area contributed by atoms with Crippen LogP contribution in [0.5, 0.6) is 0 Å². The maximum atomic E-state index is 10.9. The van der Waals surface area contributed by atoms with E-state index in [-0.39, 0.29) is 5.91 Å². The van der Waals surface area contributed by atoms with Crippen LogP contribution < -0.4 is 0 Å². The van der Waals surface area contributed by atoms with E-state index in [1.807, 2.05) is 34.6 Å². The zero-order valence-corrected chi connectivity index (χ0v) is 7.87. The molecule has 0 aromatic heterocycles. The predicted octanol–water partition coefficient (Wildman–Crippen LogP) is 1.84. The fourth-order valence-corrected chi connectivity index (χ4v) is 3.54. The molecule has 2 rings (SSSR count). The molecule has 2 aliphatic heterocycles. The molecule has 1 saturated heterocycles. The van der Waals surface area contributed by atoms with Gasteiger partial charge in [-0.15, -0.1) is 11.8 Å². The van der Waals surface area contributed by atoms with Crippen LogP contribution in [0.2, 0.25) is 0 Å². The Morgan fingerprint density at radius 2 is 2.73 bits per heavy atom. The van der Waals surface area contributed by atoms with E-state index < -0.39 is 0 Å². The Bertz CT molecular complexity index is 226. The van der Waals surface area contributed by atoms with Crippen LogP contribution >= 0.6 is 23.5 Å². The van der Waals surface area contributed by atoms with Gasteiger partial charge in [0.1, 0.15) is 0 Å². The van der Waals surface area contributed by atoms with Gasteiger partial charge in [-0.3, -0.25) is 4.79 Å². The lowest BCUT2D eigenvalue weighted by Crippen LogP contribution is -2.44. The van der Waals surface area contributed by atoms with Gasteiger partial charge in [0, 0.05) is 6.20 Å². The van der Waals surface area contributed by atoms with Gasteiger partial charge in [0.25, 0.3) is 0 Å². The molecule has 0 N–H and O–H groups in total. The molecule has 0 aromatic rings. The van der Waals surface area contributed by atoms with E-state index >= 15 is 0 Å². The number of hydrogen-bond donors (Lipinski definition) is 0. The van der Waals surface area contributed by atoms with Crippen LogP contribution in [0, 0.1) is 0 Å². The zero-order valence-electron chi connectivity index (χ0n) is 6.24. The molecule has 1 amide bonds. The quantitative estimate of drug-likeness (QED) is 0.615. The number of nitrogens with zero attached hydrogens (tertiary/aromatic N) is 1. The molecule has 0 aliphatic carbocycles. The minimum Gasteiger partial charge on any atom is -0.304 e. The first-order valence-electron chi connectivity index (χ1n) is 3.63. The minimum atomic E-state index is 0.272. The van der Waals surface area contributed by atoms with Crippen molar-refractivity contribution in [1.29, 1.82) is 0 Å². The predicted molar refractivity (Wildman–Crippen MR) is 49.1 cm³/mol. The SMILES string of the molecule is CCSC1=CN2C(=O)C[C@H]2S1. The molecule has 4 heteroatoms. The Kier molecular flexibility index (Phi) is 1.89. The van der Waals surface area contributed by atoms with Crippen molar-refractivity contribution in [2.24, 2.45) is 0 Å². The van der Waals surface area contributed by atoms with E-state index in [0.29, 0.717) is 5.37 Å².